The lowest BCUT2D eigenvalue weighted by molar-refractivity contribution is -0.130. The minimum absolute atomic E-state index is 0.0851. The van der Waals surface area contributed by atoms with E-state index in [2.05, 4.69) is 15.3 Å². The topological polar surface area (TPSA) is 75.2 Å². The van der Waals surface area contributed by atoms with E-state index in [-0.39, 0.29) is 12.1 Å². The zero-order valence-corrected chi connectivity index (χ0v) is 17.5. The van der Waals surface area contributed by atoms with E-state index in [4.69, 9.17) is 0 Å². The summed E-state index contributed by atoms with van der Waals surface area (Å²) >= 11 is 0. The number of rotatable bonds is 4. The Hall–Kier alpha value is -3.68. The van der Waals surface area contributed by atoms with Crippen molar-refractivity contribution in [2.24, 2.45) is 5.92 Å². The van der Waals surface area contributed by atoms with Crippen molar-refractivity contribution in [2.45, 2.75) is 19.3 Å². The molecule has 1 unspecified atom stereocenters. The predicted molar refractivity (Wildman–Crippen MR) is 116 cm³/mol. The summed E-state index contributed by atoms with van der Waals surface area (Å²) in [4.78, 5) is 35.1. The van der Waals surface area contributed by atoms with Gasteiger partial charge in [-0.3, -0.25) is 9.59 Å². The molecule has 0 spiro atoms. The maximum absolute atomic E-state index is 14.5. The van der Waals surface area contributed by atoms with Crippen LogP contribution in [0.3, 0.4) is 0 Å². The van der Waals surface area contributed by atoms with E-state index in [1.807, 2.05) is 19.1 Å². The average molecular weight is 436 g/mol. The molecule has 0 bridgehead atoms. The fourth-order valence-electron chi connectivity index (χ4n) is 3.73. The van der Waals surface area contributed by atoms with Crippen LogP contribution in [0.5, 0.6) is 0 Å². The number of hydrogen-bond acceptors (Lipinski definition) is 4. The highest BCUT2D eigenvalue weighted by Crippen LogP contribution is 2.32. The summed E-state index contributed by atoms with van der Waals surface area (Å²) in [6, 6.07) is 15.3. The van der Waals surface area contributed by atoms with Gasteiger partial charge < -0.3 is 10.2 Å². The van der Waals surface area contributed by atoms with Gasteiger partial charge in [0, 0.05) is 42.2 Å². The number of aryl methyl sites for hydroxylation is 1. The molecule has 0 aliphatic carbocycles. The summed E-state index contributed by atoms with van der Waals surface area (Å²) in [6.07, 6.45) is 2.56. The van der Waals surface area contributed by atoms with Crippen LogP contribution in [0.4, 0.5) is 14.5 Å². The van der Waals surface area contributed by atoms with Crippen LogP contribution in [0.2, 0.25) is 0 Å². The fraction of sp³-hybridized carbons (Fsp3) is 0.250. The van der Waals surface area contributed by atoms with Crippen LogP contribution < -0.4 is 5.32 Å². The lowest BCUT2D eigenvalue weighted by Gasteiger charge is -2.37. The highest BCUT2D eigenvalue weighted by Gasteiger charge is 2.44. The first kappa shape index (κ1) is 21.5. The van der Waals surface area contributed by atoms with Gasteiger partial charge in [0.15, 0.2) is 5.82 Å². The number of alkyl halides is 2. The molecule has 1 saturated heterocycles. The molecule has 1 aliphatic rings. The van der Waals surface area contributed by atoms with Gasteiger partial charge in [-0.05, 0) is 37.3 Å². The Kier molecular flexibility index (Phi) is 5.94. The van der Waals surface area contributed by atoms with Gasteiger partial charge in [-0.25, -0.2) is 18.7 Å². The van der Waals surface area contributed by atoms with Gasteiger partial charge in [0.2, 0.25) is 5.91 Å². The van der Waals surface area contributed by atoms with Crippen molar-refractivity contribution in [3.63, 3.8) is 0 Å². The van der Waals surface area contributed by atoms with Crippen LogP contribution >= 0.6 is 0 Å². The molecular weight excluding hydrogens is 414 g/mol. The smallest absolute Gasteiger partial charge is 0.266 e. The Morgan fingerprint density at radius 2 is 1.78 bits per heavy atom. The Labute approximate surface area is 184 Å². The van der Waals surface area contributed by atoms with Crippen molar-refractivity contribution in [1.82, 2.24) is 14.9 Å². The van der Waals surface area contributed by atoms with E-state index in [1.54, 1.807) is 54.9 Å². The first-order chi connectivity index (χ1) is 15.3. The maximum atomic E-state index is 14.5. The largest absolute Gasteiger partial charge is 0.332 e. The SMILES string of the molecule is Cc1ccc(NC(=O)C2CN(C(=O)c3cccc(-c4ncccn4)c3)CC(F)(F)C2)cc1. The van der Waals surface area contributed by atoms with Gasteiger partial charge in [0.05, 0.1) is 12.5 Å². The molecule has 3 aromatic rings. The minimum atomic E-state index is -3.16. The number of carbonyl (C=O) groups excluding carboxylic acids is 2. The van der Waals surface area contributed by atoms with Crippen molar-refractivity contribution in [2.75, 3.05) is 18.4 Å². The summed E-state index contributed by atoms with van der Waals surface area (Å²) in [5.41, 5.74) is 2.40. The number of piperidine rings is 1. The van der Waals surface area contributed by atoms with E-state index in [9.17, 15) is 18.4 Å². The molecule has 2 amide bonds. The second-order valence-corrected chi connectivity index (χ2v) is 7.95. The first-order valence-corrected chi connectivity index (χ1v) is 10.2. The summed E-state index contributed by atoms with van der Waals surface area (Å²) in [7, 11) is 0. The van der Waals surface area contributed by atoms with Crippen LogP contribution in [0.15, 0.2) is 67.0 Å². The lowest BCUT2D eigenvalue weighted by Crippen LogP contribution is -2.52. The monoisotopic (exact) mass is 436 g/mol. The third kappa shape index (κ3) is 4.96. The Balaban J connectivity index is 1.52. The number of benzene rings is 2. The number of nitrogens with zero attached hydrogens (tertiary/aromatic N) is 3. The summed E-state index contributed by atoms with van der Waals surface area (Å²) in [6.45, 7) is 1.10. The van der Waals surface area contributed by atoms with Crippen molar-refractivity contribution in [1.29, 1.82) is 0 Å². The van der Waals surface area contributed by atoms with Crippen molar-refractivity contribution >= 4 is 17.5 Å². The number of nitrogens with one attached hydrogen (secondary N) is 1. The van der Waals surface area contributed by atoms with Crippen molar-refractivity contribution in [3.05, 3.63) is 78.1 Å². The van der Waals surface area contributed by atoms with Crippen LogP contribution in [-0.2, 0) is 4.79 Å². The third-order valence-corrected chi connectivity index (χ3v) is 5.32. The van der Waals surface area contributed by atoms with E-state index in [0.29, 0.717) is 17.1 Å². The number of amides is 2. The van der Waals surface area contributed by atoms with Gasteiger partial charge in [0.25, 0.3) is 11.8 Å². The molecule has 0 saturated carbocycles. The zero-order valence-electron chi connectivity index (χ0n) is 17.5. The summed E-state index contributed by atoms with van der Waals surface area (Å²) < 4.78 is 29.0. The molecule has 2 heterocycles. The normalized spacial score (nSPS) is 17.6. The van der Waals surface area contributed by atoms with Gasteiger partial charge in [0.1, 0.15) is 0 Å². The standard InChI is InChI=1S/C24H22F2N4O2/c1-16-6-8-20(9-7-16)29-22(31)19-13-24(25,26)15-30(14-19)23(32)18-5-2-4-17(12-18)21-27-10-3-11-28-21/h2-12,19H,13-15H2,1H3,(H,29,31). The van der Waals surface area contributed by atoms with Crippen LogP contribution in [0.1, 0.15) is 22.3 Å². The molecule has 1 aliphatic heterocycles. The van der Waals surface area contributed by atoms with Gasteiger partial charge in [-0.2, -0.15) is 0 Å². The molecule has 0 radical (unpaired) electrons. The van der Waals surface area contributed by atoms with E-state index >= 15 is 0 Å². The van der Waals surface area contributed by atoms with Gasteiger partial charge >= 0.3 is 0 Å². The van der Waals surface area contributed by atoms with Crippen LogP contribution in [0, 0.1) is 12.8 Å². The number of anilines is 1. The average Bonchev–Trinajstić information content (AvgIpc) is 2.79. The molecule has 32 heavy (non-hydrogen) atoms. The van der Waals surface area contributed by atoms with Crippen LogP contribution in [0.25, 0.3) is 11.4 Å². The number of aromatic nitrogens is 2. The molecule has 1 atom stereocenters. The Morgan fingerprint density at radius 1 is 1.06 bits per heavy atom. The van der Waals surface area contributed by atoms with Gasteiger partial charge in [-0.15, -0.1) is 0 Å². The molecule has 2 aromatic carbocycles. The first-order valence-electron chi connectivity index (χ1n) is 10.2. The minimum Gasteiger partial charge on any atom is -0.332 e. The van der Waals surface area contributed by atoms with E-state index in [1.165, 1.54) is 0 Å². The third-order valence-electron chi connectivity index (χ3n) is 5.32. The maximum Gasteiger partial charge on any atom is 0.266 e. The summed E-state index contributed by atoms with van der Waals surface area (Å²) in [5, 5.41) is 2.68. The quantitative estimate of drug-likeness (QED) is 0.666. The van der Waals surface area contributed by atoms with E-state index in [0.717, 1.165) is 10.5 Å². The molecule has 1 N–H and O–H groups in total. The highest BCUT2D eigenvalue weighted by molar-refractivity contribution is 5.97. The van der Waals surface area contributed by atoms with Gasteiger partial charge in [-0.1, -0.05) is 29.8 Å². The molecule has 1 fully saturated rings. The molecule has 1 aromatic heterocycles. The molecule has 8 heteroatoms. The number of hydrogen-bond donors (Lipinski definition) is 1. The zero-order chi connectivity index (χ0) is 22.7. The predicted octanol–water partition coefficient (Wildman–Crippen LogP) is 4.19. The fourth-order valence-corrected chi connectivity index (χ4v) is 3.73. The second kappa shape index (κ2) is 8.82. The summed E-state index contributed by atoms with van der Waals surface area (Å²) in [5.74, 6) is -4.84. The van der Waals surface area contributed by atoms with E-state index < -0.39 is 36.6 Å². The highest BCUT2D eigenvalue weighted by atomic mass is 19.3. The number of halogens is 2. The molecule has 6 nitrogen and oxygen atoms in total. The number of carbonyl (C=O) groups is 2. The Bertz CT molecular complexity index is 1120. The second-order valence-electron chi connectivity index (χ2n) is 7.95. The molecule has 164 valence electrons. The molecular formula is C24H22F2N4O2. The molecule has 4 rings (SSSR count). The van der Waals surface area contributed by atoms with Crippen molar-refractivity contribution in [3.8, 4) is 11.4 Å². The Morgan fingerprint density at radius 3 is 2.50 bits per heavy atom. The number of likely N-dealkylation sites (tertiary alicyclic amines) is 1. The van der Waals surface area contributed by atoms with Crippen LogP contribution in [-0.4, -0.2) is 45.7 Å². The van der Waals surface area contributed by atoms with Crippen molar-refractivity contribution < 1.29 is 18.4 Å². The lowest BCUT2D eigenvalue weighted by atomic mass is 9.93.